The van der Waals surface area contributed by atoms with Crippen LogP contribution in [-0.4, -0.2) is 22.5 Å². The minimum atomic E-state index is -0.865. The first-order valence-electron chi connectivity index (χ1n) is 12.5. The Balaban J connectivity index is 1.72. The Morgan fingerprint density at radius 1 is 0.974 bits per heavy atom. The van der Waals surface area contributed by atoms with Gasteiger partial charge in [0.1, 0.15) is 5.60 Å². The fraction of sp³-hybridized carbons (Fsp3) is 0.194. The van der Waals surface area contributed by atoms with Crippen LogP contribution in [0.15, 0.2) is 89.9 Å². The Labute approximate surface area is 232 Å². The number of amides is 1. The van der Waals surface area contributed by atoms with E-state index in [9.17, 15) is 14.4 Å². The summed E-state index contributed by atoms with van der Waals surface area (Å²) in [5.74, 6) is -1.71. The van der Waals surface area contributed by atoms with E-state index in [-0.39, 0.29) is 17.9 Å². The molecule has 0 radical (unpaired) electrons. The lowest BCUT2D eigenvalue weighted by Gasteiger charge is -2.21. The third-order valence-electron chi connectivity index (χ3n) is 6.04. The average Bonchev–Trinajstić information content (AvgIpc) is 2.89. The molecule has 3 aromatic carbocycles. The maximum Gasteiger partial charge on any atom is 0.338 e. The molecule has 1 aromatic heterocycles. The van der Waals surface area contributed by atoms with Crippen LogP contribution >= 0.6 is 11.6 Å². The van der Waals surface area contributed by atoms with Gasteiger partial charge in [-0.25, -0.2) is 4.79 Å². The molecular formula is C31H30ClN3O4. The number of hydrogen-bond donors (Lipinski definition) is 3. The summed E-state index contributed by atoms with van der Waals surface area (Å²) >= 11 is 6.25. The second-order valence-electron chi connectivity index (χ2n) is 10.2. The van der Waals surface area contributed by atoms with Crippen molar-refractivity contribution >= 4 is 34.9 Å². The number of aromatic nitrogens is 1. The summed E-state index contributed by atoms with van der Waals surface area (Å²) in [6.07, 6.45) is 1.79. The van der Waals surface area contributed by atoms with E-state index in [1.165, 1.54) is 6.20 Å². The first kappa shape index (κ1) is 27.7. The summed E-state index contributed by atoms with van der Waals surface area (Å²) in [5, 5.41) is 3.36. The number of H-pyrrole nitrogens is 1. The third kappa shape index (κ3) is 6.94. The van der Waals surface area contributed by atoms with Crippen LogP contribution in [0.4, 0.5) is 11.4 Å². The van der Waals surface area contributed by atoms with E-state index in [0.29, 0.717) is 33.1 Å². The zero-order valence-corrected chi connectivity index (χ0v) is 22.7. The monoisotopic (exact) mass is 543 g/mol. The zero-order valence-electron chi connectivity index (χ0n) is 22.0. The number of benzene rings is 3. The minimum absolute atomic E-state index is 0.267. The molecule has 7 nitrogen and oxygen atoms in total. The molecule has 0 aliphatic rings. The number of aromatic amines is 1. The first-order chi connectivity index (χ1) is 18.5. The number of rotatable bonds is 7. The Hall–Kier alpha value is -4.36. The van der Waals surface area contributed by atoms with Crippen LogP contribution in [-0.2, 0) is 16.0 Å². The van der Waals surface area contributed by atoms with Gasteiger partial charge in [0.15, 0.2) is 0 Å². The molecule has 1 atom stereocenters. The number of nitrogens with one attached hydrogen (secondary N) is 2. The molecule has 0 saturated heterocycles. The van der Waals surface area contributed by atoms with Crippen molar-refractivity contribution in [1.29, 1.82) is 0 Å². The number of nitrogen functional groups attached to an aromatic ring is 1. The van der Waals surface area contributed by atoms with Crippen molar-refractivity contribution in [3.63, 3.8) is 0 Å². The molecule has 1 heterocycles. The Morgan fingerprint density at radius 2 is 1.67 bits per heavy atom. The normalized spacial score (nSPS) is 12.0. The van der Waals surface area contributed by atoms with Gasteiger partial charge in [0.25, 0.3) is 5.56 Å². The number of carbonyl (C=O) groups excluding carboxylic acids is 2. The van der Waals surface area contributed by atoms with Gasteiger partial charge in [-0.15, -0.1) is 0 Å². The summed E-state index contributed by atoms with van der Waals surface area (Å²) in [7, 11) is 0. The molecule has 4 aromatic rings. The number of anilines is 2. The number of carbonyl (C=O) groups is 2. The van der Waals surface area contributed by atoms with E-state index in [1.54, 1.807) is 69.3 Å². The molecule has 0 aliphatic carbocycles. The number of ether oxygens (including phenoxy) is 1. The average molecular weight is 544 g/mol. The molecule has 1 unspecified atom stereocenters. The predicted molar refractivity (Wildman–Crippen MR) is 155 cm³/mol. The second kappa shape index (κ2) is 11.6. The van der Waals surface area contributed by atoms with E-state index < -0.39 is 23.0 Å². The van der Waals surface area contributed by atoms with E-state index >= 15 is 0 Å². The number of esters is 1. The van der Waals surface area contributed by atoms with Crippen molar-refractivity contribution in [3.05, 3.63) is 117 Å². The fourth-order valence-corrected chi connectivity index (χ4v) is 4.44. The van der Waals surface area contributed by atoms with Gasteiger partial charge in [0.2, 0.25) is 5.91 Å². The van der Waals surface area contributed by atoms with Gasteiger partial charge < -0.3 is 20.8 Å². The summed E-state index contributed by atoms with van der Waals surface area (Å²) in [6, 6.07) is 22.6. The van der Waals surface area contributed by atoms with Crippen molar-refractivity contribution in [3.8, 4) is 11.1 Å². The highest BCUT2D eigenvalue weighted by atomic mass is 35.5. The van der Waals surface area contributed by atoms with Crippen LogP contribution in [0, 0.1) is 0 Å². The third-order valence-corrected chi connectivity index (χ3v) is 6.27. The lowest BCUT2D eigenvalue weighted by Crippen LogP contribution is -2.29. The van der Waals surface area contributed by atoms with Crippen LogP contribution in [0.5, 0.6) is 0 Å². The number of halogens is 1. The van der Waals surface area contributed by atoms with Gasteiger partial charge in [-0.1, -0.05) is 41.9 Å². The number of hydrogen-bond acceptors (Lipinski definition) is 5. The Morgan fingerprint density at radius 3 is 2.33 bits per heavy atom. The number of nitrogens with two attached hydrogens (primary N) is 1. The molecule has 0 fully saturated rings. The van der Waals surface area contributed by atoms with Crippen LogP contribution in [0.2, 0.25) is 5.02 Å². The van der Waals surface area contributed by atoms with E-state index in [4.69, 9.17) is 22.1 Å². The molecule has 0 saturated carbocycles. The standard InChI is InChI=1S/C31H30ClN3O4/c1-31(2,3)39-30(38)20-9-12-22(13-10-20)35-28(36)25(17-19-7-5-4-6-8-19)27-23(15-16-34-29(27)37)24-18-21(32)11-14-26(24)33/h4-16,18,25H,17,33H2,1-3H3,(H,34,37)(H,35,36). The molecule has 4 N–H and O–H groups in total. The van der Waals surface area contributed by atoms with Crippen molar-refractivity contribution in [2.24, 2.45) is 0 Å². The number of pyridine rings is 1. The SMILES string of the molecule is CC(C)(C)OC(=O)c1ccc(NC(=O)C(Cc2ccccc2)c2c(-c3cc(Cl)ccc3N)cc[nH]c2=O)cc1. The van der Waals surface area contributed by atoms with Gasteiger partial charge in [0.05, 0.1) is 11.5 Å². The van der Waals surface area contributed by atoms with Gasteiger partial charge >= 0.3 is 5.97 Å². The minimum Gasteiger partial charge on any atom is -0.456 e. The Kier molecular flexibility index (Phi) is 8.21. The molecule has 0 bridgehead atoms. The van der Waals surface area contributed by atoms with Crippen molar-refractivity contribution in [1.82, 2.24) is 4.98 Å². The first-order valence-corrected chi connectivity index (χ1v) is 12.8. The maximum absolute atomic E-state index is 13.8. The highest BCUT2D eigenvalue weighted by Crippen LogP contribution is 2.34. The summed E-state index contributed by atoms with van der Waals surface area (Å²) < 4.78 is 5.41. The molecule has 200 valence electrons. The molecular weight excluding hydrogens is 514 g/mol. The largest absolute Gasteiger partial charge is 0.456 e. The van der Waals surface area contributed by atoms with Crippen molar-refractivity contribution in [2.75, 3.05) is 11.1 Å². The molecule has 0 aliphatic heterocycles. The van der Waals surface area contributed by atoms with Gasteiger partial charge in [0, 0.05) is 33.7 Å². The topological polar surface area (TPSA) is 114 Å². The lowest BCUT2D eigenvalue weighted by molar-refractivity contribution is -0.117. The molecule has 0 spiro atoms. The summed E-state index contributed by atoms with van der Waals surface area (Å²) in [5.41, 5.74) is 8.75. The van der Waals surface area contributed by atoms with Gasteiger partial charge in [-0.3, -0.25) is 9.59 Å². The van der Waals surface area contributed by atoms with Crippen LogP contribution in [0.25, 0.3) is 11.1 Å². The predicted octanol–water partition coefficient (Wildman–Crippen LogP) is 6.20. The highest BCUT2D eigenvalue weighted by molar-refractivity contribution is 6.31. The van der Waals surface area contributed by atoms with Crippen LogP contribution < -0.4 is 16.6 Å². The Bertz CT molecular complexity index is 1540. The molecule has 39 heavy (non-hydrogen) atoms. The fourth-order valence-electron chi connectivity index (χ4n) is 4.26. The van der Waals surface area contributed by atoms with Crippen molar-refractivity contribution in [2.45, 2.75) is 38.7 Å². The zero-order chi connectivity index (χ0) is 28.2. The maximum atomic E-state index is 13.8. The molecule has 1 amide bonds. The molecule has 4 rings (SSSR count). The smallest absolute Gasteiger partial charge is 0.338 e. The lowest BCUT2D eigenvalue weighted by atomic mass is 9.86. The summed E-state index contributed by atoms with van der Waals surface area (Å²) in [4.78, 5) is 42.2. The van der Waals surface area contributed by atoms with Gasteiger partial charge in [-0.2, -0.15) is 0 Å². The van der Waals surface area contributed by atoms with Crippen LogP contribution in [0.1, 0.15) is 48.2 Å². The second-order valence-corrected chi connectivity index (χ2v) is 10.6. The molecule has 8 heteroatoms. The van der Waals surface area contributed by atoms with Crippen LogP contribution in [0.3, 0.4) is 0 Å². The van der Waals surface area contributed by atoms with E-state index in [2.05, 4.69) is 10.3 Å². The van der Waals surface area contributed by atoms with E-state index in [0.717, 1.165) is 5.56 Å². The highest BCUT2D eigenvalue weighted by Gasteiger charge is 2.28. The van der Waals surface area contributed by atoms with Gasteiger partial charge in [-0.05, 0) is 86.8 Å². The van der Waals surface area contributed by atoms with E-state index in [1.807, 2.05) is 30.3 Å². The summed E-state index contributed by atoms with van der Waals surface area (Å²) in [6.45, 7) is 5.38. The quantitative estimate of drug-likeness (QED) is 0.190. The van der Waals surface area contributed by atoms with Crippen molar-refractivity contribution < 1.29 is 14.3 Å².